The topological polar surface area (TPSA) is 29.5 Å². The van der Waals surface area contributed by atoms with Gasteiger partial charge in [-0.05, 0) is 50.4 Å². The Kier molecular flexibility index (Phi) is 4.14. The molecule has 1 heterocycles. The largest absolute Gasteiger partial charge is 0.389 e. The van der Waals surface area contributed by atoms with Crippen molar-refractivity contribution < 1.29 is 9.84 Å². The van der Waals surface area contributed by atoms with Crippen LogP contribution in [0.1, 0.15) is 71.6 Å². The highest BCUT2D eigenvalue weighted by atomic mass is 16.5. The first kappa shape index (κ1) is 13.4. The first-order valence-corrected chi connectivity index (χ1v) is 7.38. The molecule has 0 amide bonds. The Bertz CT molecular complexity index is 243. The highest BCUT2D eigenvalue weighted by molar-refractivity contribution is 4.96. The summed E-state index contributed by atoms with van der Waals surface area (Å²) in [5.74, 6) is 0. The van der Waals surface area contributed by atoms with Crippen LogP contribution in [-0.4, -0.2) is 23.4 Å². The average molecular weight is 240 g/mol. The summed E-state index contributed by atoms with van der Waals surface area (Å²) < 4.78 is 5.65. The molecule has 2 unspecified atom stereocenters. The molecule has 1 aliphatic heterocycles. The van der Waals surface area contributed by atoms with Crippen LogP contribution in [0.4, 0.5) is 0 Å². The van der Waals surface area contributed by atoms with Gasteiger partial charge in [0.25, 0.3) is 0 Å². The molecule has 2 fully saturated rings. The molecule has 0 aromatic carbocycles. The fraction of sp³-hybridized carbons (Fsp3) is 1.00. The fourth-order valence-electron chi connectivity index (χ4n) is 3.51. The van der Waals surface area contributed by atoms with Crippen molar-refractivity contribution in [2.45, 2.75) is 83.3 Å². The van der Waals surface area contributed by atoms with Crippen LogP contribution >= 0.6 is 0 Å². The van der Waals surface area contributed by atoms with Crippen molar-refractivity contribution >= 4 is 0 Å². The van der Waals surface area contributed by atoms with Gasteiger partial charge >= 0.3 is 0 Å². The molecule has 17 heavy (non-hydrogen) atoms. The first-order valence-electron chi connectivity index (χ1n) is 7.38. The van der Waals surface area contributed by atoms with Crippen molar-refractivity contribution in [3.63, 3.8) is 0 Å². The van der Waals surface area contributed by atoms with Crippen LogP contribution in [0.2, 0.25) is 0 Å². The lowest BCUT2D eigenvalue weighted by Gasteiger charge is -2.47. The van der Waals surface area contributed by atoms with Gasteiger partial charge in [0, 0.05) is 6.61 Å². The molecular weight excluding hydrogens is 212 g/mol. The molecule has 1 aliphatic carbocycles. The lowest BCUT2D eigenvalue weighted by atomic mass is 9.63. The summed E-state index contributed by atoms with van der Waals surface area (Å²) in [6, 6.07) is 0. The van der Waals surface area contributed by atoms with Crippen molar-refractivity contribution in [1.29, 1.82) is 0 Å². The smallest absolute Gasteiger partial charge is 0.0698 e. The van der Waals surface area contributed by atoms with E-state index in [2.05, 4.69) is 13.8 Å². The van der Waals surface area contributed by atoms with E-state index in [4.69, 9.17) is 4.74 Å². The molecule has 1 N–H and O–H groups in total. The summed E-state index contributed by atoms with van der Waals surface area (Å²) >= 11 is 0. The summed E-state index contributed by atoms with van der Waals surface area (Å²) in [4.78, 5) is 0. The van der Waals surface area contributed by atoms with E-state index in [1.807, 2.05) is 0 Å². The zero-order valence-electron chi connectivity index (χ0n) is 11.5. The van der Waals surface area contributed by atoms with Gasteiger partial charge in [0.1, 0.15) is 0 Å². The Morgan fingerprint density at radius 2 is 1.94 bits per heavy atom. The van der Waals surface area contributed by atoms with Crippen molar-refractivity contribution in [3.05, 3.63) is 0 Å². The molecule has 0 radical (unpaired) electrons. The molecule has 100 valence electrons. The van der Waals surface area contributed by atoms with Crippen LogP contribution in [-0.2, 0) is 4.74 Å². The molecule has 0 spiro atoms. The summed E-state index contributed by atoms with van der Waals surface area (Å²) in [5.41, 5.74) is -0.328. The van der Waals surface area contributed by atoms with E-state index < -0.39 is 5.60 Å². The highest BCUT2D eigenvalue weighted by Gasteiger charge is 2.44. The van der Waals surface area contributed by atoms with E-state index in [0.29, 0.717) is 6.10 Å². The molecule has 0 bridgehead atoms. The maximum absolute atomic E-state index is 10.8. The maximum atomic E-state index is 10.8. The Hall–Kier alpha value is -0.0800. The lowest BCUT2D eigenvalue weighted by Crippen LogP contribution is -2.47. The van der Waals surface area contributed by atoms with Gasteiger partial charge < -0.3 is 9.84 Å². The SMILES string of the molecule is CC1(C)CCCCC1(O)CCCC1CCCO1. The van der Waals surface area contributed by atoms with Crippen LogP contribution in [0.3, 0.4) is 0 Å². The van der Waals surface area contributed by atoms with Gasteiger partial charge in [0.15, 0.2) is 0 Å². The normalized spacial score (nSPS) is 37.2. The van der Waals surface area contributed by atoms with E-state index in [1.165, 1.54) is 32.1 Å². The van der Waals surface area contributed by atoms with E-state index >= 15 is 0 Å². The number of rotatable bonds is 4. The Morgan fingerprint density at radius 1 is 1.18 bits per heavy atom. The van der Waals surface area contributed by atoms with Gasteiger partial charge in [0.05, 0.1) is 11.7 Å². The summed E-state index contributed by atoms with van der Waals surface area (Å²) in [6.07, 6.45) is 10.8. The Morgan fingerprint density at radius 3 is 2.59 bits per heavy atom. The number of aliphatic hydroxyl groups is 1. The molecule has 2 nitrogen and oxygen atoms in total. The summed E-state index contributed by atoms with van der Waals surface area (Å²) in [7, 11) is 0. The standard InChI is InChI=1S/C15H28O2/c1-14(2)9-3-4-10-15(14,16)11-5-7-13-8-6-12-17-13/h13,16H,3-12H2,1-2H3. The van der Waals surface area contributed by atoms with Gasteiger partial charge in [-0.2, -0.15) is 0 Å². The molecule has 1 saturated heterocycles. The second-order valence-electron chi connectivity index (χ2n) is 6.65. The third-order valence-electron chi connectivity index (χ3n) is 5.04. The van der Waals surface area contributed by atoms with Gasteiger partial charge in [-0.25, -0.2) is 0 Å². The third kappa shape index (κ3) is 3.03. The minimum absolute atomic E-state index is 0.0990. The Labute approximate surface area is 106 Å². The molecule has 0 aromatic rings. The Balaban J connectivity index is 1.79. The zero-order valence-corrected chi connectivity index (χ0v) is 11.5. The zero-order chi connectivity index (χ0) is 12.4. The van der Waals surface area contributed by atoms with Crippen molar-refractivity contribution in [3.8, 4) is 0 Å². The van der Waals surface area contributed by atoms with Crippen molar-refractivity contribution in [2.24, 2.45) is 5.41 Å². The minimum Gasteiger partial charge on any atom is -0.389 e. The van der Waals surface area contributed by atoms with Gasteiger partial charge in [0.2, 0.25) is 0 Å². The molecule has 1 saturated carbocycles. The quantitative estimate of drug-likeness (QED) is 0.812. The van der Waals surface area contributed by atoms with Gasteiger partial charge in [-0.15, -0.1) is 0 Å². The second kappa shape index (κ2) is 5.27. The lowest BCUT2D eigenvalue weighted by molar-refractivity contribution is -0.104. The molecule has 0 aromatic heterocycles. The molecule has 2 atom stereocenters. The van der Waals surface area contributed by atoms with Crippen molar-refractivity contribution in [2.75, 3.05) is 6.61 Å². The summed E-state index contributed by atoms with van der Waals surface area (Å²) in [6.45, 7) is 5.41. The van der Waals surface area contributed by atoms with Gasteiger partial charge in [-0.3, -0.25) is 0 Å². The number of hydrogen-bond donors (Lipinski definition) is 1. The second-order valence-corrected chi connectivity index (χ2v) is 6.65. The third-order valence-corrected chi connectivity index (χ3v) is 5.04. The van der Waals surface area contributed by atoms with Gasteiger partial charge in [-0.1, -0.05) is 26.7 Å². The fourth-order valence-corrected chi connectivity index (χ4v) is 3.51. The van der Waals surface area contributed by atoms with Crippen LogP contribution in [0.5, 0.6) is 0 Å². The first-order chi connectivity index (χ1) is 8.04. The van der Waals surface area contributed by atoms with Crippen LogP contribution in [0, 0.1) is 5.41 Å². The number of hydrogen-bond acceptors (Lipinski definition) is 2. The minimum atomic E-state index is -0.427. The maximum Gasteiger partial charge on any atom is 0.0698 e. The van der Waals surface area contributed by atoms with E-state index in [-0.39, 0.29) is 5.41 Å². The van der Waals surface area contributed by atoms with Crippen LogP contribution < -0.4 is 0 Å². The summed E-state index contributed by atoms with van der Waals surface area (Å²) in [5, 5.41) is 10.8. The predicted octanol–water partition coefficient (Wildman–Crippen LogP) is 3.67. The number of ether oxygens (including phenoxy) is 1. The van der Waals surface area contributed by atoms with E-state index in [9.17, 15) is 5.11 Å². The average Bonchev–Trinajstić information content (AvgIpc) is 2.76. The molecule has 2 aliphatic rings. The molecular formula is C15H28O2. The monoisotopic (exact) mass is 240 g/mol. The van der Waals surface area contributed by atoms with Crippen molar-refractivity contribution in [1.82, 2.24) is 0 Å². The molecule has 2 heteroatoms. The van der Waals surface area contributed by atoms with E-state index in [1.54, 1.807) is 0 Å². The van der Waals surface area contributed by atoms with Crippen LogP contribution in [0.25, 0.3) is 0 Å². The van der Waals surface area contributed by atoms with Crippen LogP contribution in [0.15, 0.2) is 0 Å². The molecule has 2 rings (SSSR count). The highest BCUT2D eigenvalue weighted by Crippen LogP contribution is 2.46. The predicted molar refractivity (Wildman–Crippen MR) is 70.0 cm³/mol. The van der Waals surface area contributed by atoms with E-state index in [0.717, 1.165) is 32.3 Å².